The first kappa shape index (κ1) is 13.8. The predicted molar refractivity (Wildman–Crippen MR) is 56.1 cm³/mol. The lowest BCUT2D eigenvalue weighted by atomic mass is 9.77. The third-order valence-electron chi connectivity index (χ3n) is 3.30. The average molecular weight is 239 g/mol. The van der Waals surface area contributed by atoms with Gasteiger partial charge in [0.05, 0.1) is 13.0 Å². The van der Waals surface area contributed by atoms with Crippen LogP contribution >= 0.6 is 0 Å². The number of alkyl halides is 3. The fourth-order valence-corrected chi connectivity index (χ4v) is 2.49. The third-order valence-corrected chi connectivity index (χ3v) is 3.30. The fraction of sp³-hybridized carbons (Fsp3) is 1.00. The Balaban J connectivity index is 2.41. The molecule has 1 aliphatic rings. The molecule has 2 atom stereocenters. The van der Waals surface area contributed by atoms with Crippen molar-refractivity contribution in [2.24, 2.45) is 5.92 Å². The molecule has 1 aliphatic carbocycles. The van der Waals surface area contributed by atoms with Gasteiger partial charge in [-0.3, -0.25) is 0 Å². The summed E-state index contributed by atoms with van der Waals surface area (Å²) in [6.45, 7) is 1.90. The molecule has 1 rings (SSSR count). The van der Waals surface area contributed by atoms with Gasteiger partial charge in [0.2, 0.25) is 0 Å². The normalized spacial score (nSPS) is 31.7. The average Bonchev–Trinajstić information content (AvgIpc) is 2.16. The fourth-order valence-electron chi connectivity index (χ4n) is 2.49. The molecule has 0 bridgehead atoms. The largest absolute Gasteiger partial charge is 0.394 e. The van der Waals surface area contributed by atoms with Crippen LogP contribution in [0.2, 0.25) is 0 Å². The SMILES string of the molecule is CC1CCCC(CO)(NCCC(F)(F)F)C1. The van der Waals surface area contributed by atoms with Crippen molar-refractivity contribution < 1.29 is 18.3 Å². The van der Waals surface area contributed by atoms with Crippen molar-refractivity contribution in [2.45, 2.75) is 50.7 Å². The summed E-state index contributed by atoms with van der Waals surface area (Å²) in [7, 11) is 0. The molecule has 2 N–H and O–H groups in total. The maximum absolute atomic E-state index is 12.0. The van der Waals surface area contributed by atoms with E-state index in [1.54, 1.807) is 0 Å². The van der Waals surface area contributed by atoms with Crippen molar-refractivity contribution in [3.63, 3.8) is 0 Å². The molecule has 96 valence electrons. The van der Waals surface area contributed by atoms with Crippen LogP contribution in [0, 0.1) is 5.92 Å². The molecule has 0 aromatic heterocycles. The number of hydrogen-bond acceptors (Lipinski definition) is 2. The summed E-state index contributed by atoms with van der Waals surface area (Å²) in [6, 6.07) is 0. The Kier molecular flexibility index (Phi) is 4.62. The van der Waals surface area contributed by atoms with Crippen molar-refractivity contribution in [2.75, 3.05) is 13.2 Å². The van der Waals surface area contributed by atoms with Crippen LogP contribution in [0.4, 0.5) is 13.2 Å². The van der Waals surface area contributed by atoms with Crippen LogP contribution in [0.25, 0.3) is 0 Å². The molecule has 0 aromatic carbocycles. The van der Waals surface area contributed by atoms with E-state index in [1.165, 1.54) is 0 Å². The molecule has 2 unspecified atom stereocenters. The molecule has 0 spiro atoms. The quantitative estimate of drug-likeness (QED) is 0.790. The van der Waals surface area contributed by atoms with E-state index >= 15 is 0 Å². The van der Waals surface area contributed by atoms with Gasteiger partial charge in [0.25, 0.3) is 0 Å². The molecule has 5 heteroatoms. The van der Waals surface area contributed by atoms with Gasteiger partial charge in [-0.25, -0.2) is 0 Å². The second-order valence-electron chi connectivity index (χ2n) is 4.93. The van der Waals surface area contributed by atoms with E-state index < -0.39 is 18.1 Å². The minimum Gasteiger partial charge on any atom is -0.394 e. The van der Waals surface area contributed by atoms with Crippen LogP contribution in [0.3, 0.4) is 0 Å². The zero-order chi connectivity index (χ0) is 12.2. The number of aliphatic hydroxyl groups excluding tert-OH is 1. The monoisotopic (exact) mass is 239 g/mol. The Hall–Kier alpha value is -0.290. The summed E-state index contributed by atoms with van der Waals surface area (Å²) in [5, 5.41) is 12.2. The van der Waals surface area contributed by atoms with Crippen LogP contribution in [-0.2, 0) is 0 Å². The first-order valence-corrected chi connectivity index (χ1v) is 5.79. The molecule has 0 heterocycles. The first-order valence-electron chi connectivity index (χ1n) is 5.79. The van der Waals surface area contributed by atoms with Gasteiger partial charge in [0, 0.05) is 12.1 Å². The summed E-state index contributed by atoms with van der Waals surface area (Å²) in [6.07, 6.45) is -1.34. The van der Waals surface area contributed by atoms with Crippen LogP contribution in [-0.4, -0.2) is 30.0 Å². The molecule has 2 nitrogen and oxygen atoms in total. The van der Waals surface area contributed by atoms with Crippen LogP contribution in [0.1, 0.15) is 39.0 Å². The van der Waals surface area contributed by atoms with E-state index in [2.05, 4.69) is 12.2 Å². The zero-order valence-electron chi connectivity index (χ0n) is 9.61. The molecule has 16 heavy (non-hydrogen) atoms. The van der Waals surface area contributed by atoms with E-state index in [4.69, 9.17) is 0 Å². The van der Waals surface area contributed by atoms with Gasteiger partial charge in [-0.15, -0.1) is 0 Å². The van der Waals surface area contributed by atoms with Crippen molar-refractivity contribution in [3.8, 4) is 0 Å². The minimum absolute atomic E-state index is 0.0742. The number of aliphatic hydroxyl groups is 1. The second-order valence-corrected chi connectivity index (χ2v) is 4.93. The summed E-state index contributed by atoms with van der Waals surface area (Å²) in [4.78, 5) is 0. The Bertz CT molecular complexity index is 220. The summed E-state index contributed by atoms with van der Waals surface area (Å²) < 4.78 is 36.0. The summed E-state index contributed by atoms with van der Waals surface area (Å²) >= 11 is 0. The van der Waals surface area contributed by atoms with Gasteiger partial charge in [0.1, 0.15) is 0 Å². The van der Waals surface area contributed by atoms with Gasteiger partial charge in [0.15, 0.2) is 0 Å². The number of nitrogens with one attached hydrogen (secondary N) is 1. The predicted octanol–water partition coefficient (Wildman–Crippen LogP) is 2.47. The van der Waals surface area contributed by atoms with Crippen LogP contribution < -0.4 is 5.32 Å². The smallest absolute Gasteiger partial charge is 0.390 e. The van der Waals surface area contributed by atoms with E-state index in [0.29, 0.717) is 5.92 Å². The van der Waals surface area contributed by atoms with E-state index in [0.717, 1.165) is 25.7 Å². The Morgan fingerprint density at radius 3 is 2.62 bits per heavy atom. The number of rotatable bonds is 4. The number of hydrogen-bond donors (Lipinski definition) is 2. The standard InChI is InChI=1S/C11H20F3NO/c1-9-3-2-4-10(7-9,8-16)15-6-5-11(12,13)14/h9,15-16H,2-8H2,1H3. The molecule has 1 saturated carbocycles. The summed E-state index contributed by atoms with van der Waals surface area (Å²) in [5.41, 5.74) is -0.483. The van der Waals surface area contributed by atoms with Gasteiger partial charge < -0.3 is 10.4 Å². The minimum atomic E-state index is -4.12. The molecule has 0 aliphatic heterocycles. The Labute approximate surface area is 94.2 Å². The highest BCUT2D eigenvalue weighted by Crippen LogP contribution is 2.32. The van der Waals surface area contributed by atoms with Gasteiger partial charge >= 0.3 is 6.18 Å². The Morgan fingerprint density at radius 2 is 2.12 bits per heavy atom. The lowest BCUT2D eigenvalue weighted by Gasteiger charge is -2.39. The van der Waals surface area contributed by atoms with Gasteiger partial charge in [-0.2, -0.15) is 13.2 Å². The highest BCUT2D eigenvalue weighted by Gasteiger charge is 2.35. The van der Waals surface area contributed by atoms with Crippen LogP contribution in [0.5, 0.6) is 0 Å². The maximum Gasteiger partial charge on any atom is 0.390 e. The van der Waals surface area contributed by atoms with Gasteiger partial charge in [-0.05, 0) is 18.8 Å². The zero-order valence-corrected chi connectivity index (χ0v) is 9.61. The van der Waals surface area contributed by atoms with Crippen molar-refractivity contribution >= 4 is 0 Å². The molecular weight excluding hydrogens is 219 g/mol. The second kappa shape index (κ2) is 5.36. The van der Waals surface area contributed by atoms with E-state index in [9.17, 15) is 18.3 Å². The highest BCUT2D eigenvalue weighted by molar-refractivity contribution is 4.92. The highest BCUT2D eigenvalue weighted by atomic mass is 19.4. The summed E-state index contributed by atoms with van der Waals surface area (Å²) in [5.74, 6) is 0.472. The maximum atomic E-state index is 12.0. The van der Waals surface area contributed by atoms with Crippen molar-refractivity contribution in [3.05, 3.63) is 0 Å². The van der Waals surface area contributed by atoms with Gasteiger partial charge in [-0.1, -0.05) is 19.8 Å². The third kappa shape index (κ3) is 4.29. The molecule has 0 radical (unpaired) electrons. The topological polar surface area (TPSA) is 32.3 Å². The van der Waals surface area contributed by atoms with E-state index in [1.807, 2.05) is 0 Å². The molecule has 1 fully saturated rings. The first-order chi connectivity index (χ1) is 7.37. The molecule has 0 aromatic rings. The molecular formula is C11H20F3NO. The van der Waals surface area contributed by atoms with Crippen LogP contribution in [0.15, 0.2) is 0 Å². The Morgan fingerprint density at radius 1 is 1.44 bits per heavy atom. The van der Waals surface area contributed by atoms with Crippen molar-refractivity contribution in [1.29, 1.82) is 0 Å². The molecule has 0 saturated heterocycles. The van der Waals surface area contributed by atoms with Crippen molar-refractivity contribution in [1.82, 2.24) is 5.32 Å². The lowest BCUT2D eigenvalue weighted by Crippen LogP contribution is -2.52. The number of halogens is 3. The molecule has 0 amide bonds. The lowest BCUT2D eigenvalue weighted by molar-refractivity contribution is -0.134. The van der Waals surface area contributed by atoms with E-state index in [-0.39, 0.29) is 13.2 Å².